The molecule has 0 aliphatic heterocycles. The molecule has 0 heterocycles. The van der Waals surface area contributed by atoms with Crippen molar-refractivity contribution in [2.24, 2.45) is 16.5 Å². The van der Waals surface area contributed by atoms with Crippen LogP contribution in [0.2, 0.25) is 0 Å². The van der Waals surface area contributed by atoms with E-state index in [2.05, 4.69) is 39.9 Å². The maximum Gasteiger partial charge on any atom is 0.238 e. The Morgan fingerprint density at radius 1 is 1.09 bits per heavy atom. The van der Waals surface area contributed by atoms with Gasteiger partial charge in [0.05, 0.1) is 4.90 Å². The van der Waals surface area contributed by atoms with Gasteiger partial charge in [0.2, 0.25) is 16.4 Å². The fourth-order valence-electron chi connectivity index (χ4n) is 0.809. The smallest absolute Gasteiger partial charge is 0.238 e. The summed E-state index contributed by atoms with van der Waals surface area (Å²) in [6.07, 6.45) is 0.506. The van der Waals surface area contributed by atoms with Crippen molar-refractivity contribution in [2.45, 2.75) is 53.4 Å². The number of nitrogens with one attached hydrogen (secondary N) is 1. The molecular formula is C16H30N2O3S. The molecule has 0 fully saturated rings. The number of carbonyl (C=O) groups excluding carboxylic acids is 1. The Morgan fingerprint density at radius 2 is 1.45 bits per heavy atom. The Balaban J connectivity index is 0. The van der Waals surface area contributed by atoms with Crippen LogP contribution in [0.3, 0.4) is 0 Å². The molecule has 0 spiro atoms. The van der Waals surface area contributed by atoms with Gasteiger partial charge in [0, 0.05) is 5.69 Å². The first-order chi connectivity index (χ1) is 9.98. The molecular weight excluding hydrogens is 300 g/mol. The molecule has 0 radical (unpaired) electrons. The second kappa shape index (κ2) is 10.3. The molecule has 0 unspecified atom stereocenters. The maximum absolute atomic E-state index is 10.8. The molecule has 0 atom stereocenters. The number of hydrogen-bond acceptors (Lipinski definition) is 3. The van der Waals surface area contributed by atoms with Crippen LogP contribution < -0.4 is 10.5 Å². The molecule has 128 valence electrons. The van der Waals surface area contributed by atoms with Crippen molar-refractivity contribution in [1.82, 2.24) is 0 Å². The molecule has 6 heteroatoms. The van der Waals surface area contributed by atoms with Crippen LogP contribution in [-0.2, 0) is 14.8 Å². The second-order valence-corrected chi connectivity index (χ2v) is 7.41. The van der Waals surface area contributed by atoms with E-state index in [1.807, 2.05) is 13.8 Å². The molecule has 1 amide bonds. The average Bonchev–Trinajstić information content (AvgIpc) is 2.40. The van der Waals surface area contributed by atoms with Gasteiger partial charge in [-0.15, -0.1) is 0 Å². The van der Waals surface area contributed by atoms with Crippen LogP contribution in [-0.4, -0.2) is 14.8 Å². The zero-order valence-electron chi connectivity index (χ0n) is 14.7. The second-order valence-electron chi connectivity index (χ2n) is 5.85. The van der Waals surface area contributed by atoms with Crippen LogP contribution in [0, 0.1) is 11.3 Å². The zero-order chi connectivity index (χ0) is 18.0. The van der Waals surface area contributed by atoms with Gasteiger partial charge in [-0.1, -0.05) is 48.5 Å². The number of rotatable bonds is 3. The van der Waals surface area contributed by atoms with Crippen molar-refractivity contribution < 1.29 is 13.2 Å². The molecule has 0 saturated carbocycles. The van der Waals surface area contributed by atoms with E-state index in [1.54, 1.807) is 0 Å². The van der Waals surface area contributed by atoms with Crippen molar-refractivity contribution in [3.63, 3.8) is 0 Å². The monoisotopic (exact) mass is 330 g/mol. The first-order valence-corrected chi connectivity index (χ1v) is 8.86. The Kier molecular flexibility index (Phi) is 10.8. The normalized spacial score (nSPS) is 10.8. The van der Waals surface area contributed by atoms with Crippen molar-refractivity contribution in [2.75, 3.05) is 5.32 Å². The summed E-state index contributed by atoms with van der Waals surface area (Å²) in [6, 6.07) is 5.55. The SMILES string of the molecule is CC.CC(C)C(C)(C)C.NS(=O)(=O)c1ccc(NC=O)cc1. The van der Waals surface area contributed by atoms with Crippen molar-refractivity contribution >= 4 is 22.1 Å². The van der Waals surface area contributed by atoms with E-state index < -0.39 is 10.0 Å². The molecule has 0 aliphatic rings. The summed E-state index contributed by atoms with van der Waals surface area (Å²) in [4.78, 5) is 10.0. The van der Waals surface area contributed by atoms with E-state index in [0.29, 0.717) is 17.5 Å². The fraction of sp³-hybridized carbons (Fsp3) is 0.562. The topological polar surface area (TPSA) is 89.3 Å². The minimum Gasteiger partial charge on any atom is -0.329 e. The van der Waals surface area contributed by atoms with Gasteiger partial charge in [0.1, 0.15) is 0 Å². The Labute approximate surface area is 135 Å². The Morgan fingerprint density at radius 3 is 1.68 bits per heavy atom. The highest BCUT2D eigenvalue weighted by Gasteiger charge is 2.13. The van der Waals surface area contributed by atoms with E-state index in [9.17, 15) is 13.2 Å². The van der Waals surface area contributed by atoms with E-state index in [1.165, 1.54) is 24.3 Å². The molecule has 3 N–H and O–H groups in total. The molecule has 1 aromatic rings. The summed E-state index contributed by atoms with van der Waals surface area (Å²) < 4.78 is 21.6. The number of nitrogens with two attached hydrogens (primary N) is 1. The number of amides is 1. The minimum absolute atomic E-state index is 0.0175. The predicted molar refractivity (Wildman–Crippen MR) is 93.1 cm³/mol. The summed E-state index contributed by atoms with van der Waals surface area (Å²) in [6.45, 7) is 15.3. The average molecular weight is 330 g/mol. The number of sulfonamides is 1. The maximum atomic E-state index is 10.8. The predicted octanol–water partition coefficient (Wildman–Crippen LogP) is 3.62. The van der Waals surface area contributed by atoms with E-state index in [4.69, 9.17) is 5.14 Å². The van der Waals surface area contributed by atoms with Crippen LogP contribution >= 0.6 is 0 Å². The first kappa shape index (κ1) is 22.9. The molecule has 0 bridgehead atoms. The number of benzene rings is 1. The lowest BCUT2D eigenvalue weighted by molar-refractivity contribution is -0.105. The summed E-state index contributed by atoms with van der Waals surface area (Å²) in [5.41, 5.74) is 1.02. The van der Waals surface area contributed by atoms with Crippen molar-refractivity contribution in [3.05, 3.63) is 24.3 Å². The fourth-order valence-corrected chi connectivity index (χ4v) is 1.32. The Bertz CT molecular complexity index is 515. The standard InChI is InChI=1S/C7H8N2O3S.C7H16.C2H6/c8-13(11,12)7-3-1-6(2-4-7)9-5-10;1-6(2)7(3,4)5;1-2/h1-5H,(H,9,10)(H2,8,11,12);6H,1-5H3;1-2H3. The van der Waals surface area contributed by atoms with Crippen LogP contribution in [0.15, 0.2) is 29.2 Å². The van der Waals surface area contributed by atoms with Gasteiger partial charge in [-0.3, -0.25) is 4.79 Å². The summed E-state index contributed by atoms with van der Waals surface area (Å²) in [7, 11) is -3.65. The molecule has 5 nitrogen and oxygen atoms in total. The Hall–Kier alpha value is -1.40. The summed E-state index contributed by atoms with van der Waals surface area (Å²) in [5, 5.41) is 7.23. The minimum atomic E-state index is -3.65. The van der Waals surface area contributed by atoms with Gasteiger partial charge in [0.15, 0.2) is 0 Å². The third-order valence-electron chi connectivity index (χ3n) is 3.14. The van der Waals surface area contributed by atoms with E-state index in [0.717, 1.165) is 5.92 Å². The van der Waals surface area contributed by atoms with E-state index in [-0.39, 0.29) is 4.90 Å². The number of anilines is 1. The van der Waals surface area contributed by atoms with Crippen LogP contribution in [0.25, 0.3) is 0 Å². The lowest BCUT2D eigenvalue weighted by Gasteiger charge is -2.22. The van der Waals surface area contributed by atoms with Crippen molar-refractivity contribution in [1.29, 1.82) is 0 Å². The number of primary sulfonamides is 1. The number of carbonyl (C=O) groups is 1. The zero-order valence-corrected chi connectivity index (χ0v) is 15.5. The van der Waals surface area contributed by atoms with Crippen LogP contribution in [0.4, 0.5) is 5.69 Å². The first-order valence-electron chi connectivity index (χ1n) is 7.31. The number of hydrogen-bond donors (Lipinski definition) is 2. The summed E-state index contributed by atoms with van der Waals surface area (Å²) >= 11 is 0. The molecule has 1 rings (SSSR count). The van der Waals surface area contributed by atoms with Gasteiger partial charge in [-0.2, -0.15) is 0 Å². The van der Waals surface area contributed by atoms with Gasteiger partial charge < -0.3 is 5.32 Å². The van der Waals surface area contributed by atoms with Gasteiger partial charge in [-0.05, 0) is 35.6 Å². The highest BCUT2D eigenvalue weighted by atomic mass is 32.2. The van der Waals surface area contributed by atoms with Crippen LogP contribution in [0.1, 0.15) is 48.5 Å². The lowest BCUT2D eigenvalue weighted by atomic mass is 9.84. The summed E-state index contributed by atoms with van der Waals surface area (Å²) in [5.74, 6) is 0.799. The highest BCUT2D eigenvalue weighted by molar-refractivity contribution is 7.89. The van der Waals surface area contributed by atoms with Gasteiger partial charge in [0.25, 0.3) is 0 Å². The third kappa shape index (κ3) is 10.3. The quantitative estimate of drug-likeness (QED) is 0.829. The van der Waals surface area contributed by atoms with Crippen molar-refractivity contribution in [3.8, 4) is 0 Å². The molecule has 0 saturated heterocycles. The van der Waals surface area contributed by atoms with E-state index >= 15 is 0 Å². The van der Waals surface area contributed by atoms with Gasteiger partial charge >= 0.3 is 0 Å². The molecule has 22 heavy (non-hydrogen) atoms. The van der Waals surface area contributed by atoms with Crippen LogP contribution in [0.5, 0.6) is 0 Å². The third-order valence-corrected chi connectivity index (χ3v) is 4.07. The molecule has 0 aromatic heterocycles. The highest BCUT2D eigenvalue weighted by Crippen LogP contribution is 2.23. The van der Waals surface area contributed by atoms with Gasteiger partial charge in [-0.25, -0.2) is 13.6 Å². The molecule has 0 aliphatic carbocycles. The largest absolute Gasteiger partial charge is 0.329 e. The molecule has 1 aromatic carbocycles. The lowest BCUT2D eigenvalue weighted by Crippen LogP contribution is -2.12.